The Kier molecular flexibility index (Phi) is 4.67. The molecule has 0 amide bonds. The van der Waals surface area contributed by atoms with Crippen LogP contribution in [0, 0.1) is 5.92 Å². The molecule has 0 aliphatic carbocycles. The molecule has 1 fully saturated rings. The van der Waals surface area contributed by atoms with Crippen molar-refractivity contribution in [3.05, 3.63) is 23.2 Å². The molecule has 1 aliphatic rings. The molecule has 106 valence electrons. The Balaban J connectivity index is 2.02. The van der Waals surface area contributed by atoms with Gasteiger partial charge in [0.2, 0.25) is 10.0 Å². The maximum absolute atomic E-state index is 12.1. The molecule has 0 spiro atoms. The Morgan fingerprint density at radius 2 is 2.05 bits per heavy atom. The van der Waals surface area contributed by atoms with Gasteiger partial charge < -0.3 is 10.5 Å². The number of hydrogen-bond acceptors (Lipinski definition) is 4. The second kappa shape index (κ2) is 6.09. The van der Waals surface area contributed by atoms with Crippen LogP contribution in [0.4, 0.5) is 5.69 Å². The minimum atomic E-state index is -3.53. The molecular weight excluding hydrogens is 288 g/mol. The van der Waals surface area contributed by atoms with Crippen LogP contribution < -0.4 is 10.5 Å². The van der Waals surface area contributed by atoms with Gasteiger partial charge in [0.15, 0.2) is 0 Å². The highest BCUT2D eigenvalue weighted by molar-refractivity contribution is 7.89. The van der Waals surface area contributed by atoms with E-state index in [1.54, 1.807) is 0 Å². The van der Waals surface area contributed by atoms with Gasteiger partial charge in [-0.2, -0.15) is 0 Å². The molecule has 1 aliphatic heterocycles. The van der Waals surface area contributed by atoms with Gasteiger partial charge in [-0.1, -0.05) is 11.6 Å². The molecule has 0 atom stereocenters. The summed E-state index contributed by atoms with van der Waals surface area (Å²) in [6.07, 6.45) is 1.76. The number of nitrogen functional groups attached to an aromatic ring is 1. The van der Waals surface area contributed by atoms with Crippen molar-refractivity contribution in [2.45, 2.75) is 17.7 Å². The zero-order chi connectivity index (χ0) is 13.9. The zero-order valence-electron chi connectivity index (χ0n) is 10.4. The third-order valence-electron chi connectivity index (χ3n) is 3.18. The summed E-state index contributed by atoms with van der Waals surface area (Å²) >= 11 is 5.78. The summed E-state index contributed by atoms with van der Waals surface area (Å²) in [6.45, 7) is 1.81. The van der Waals surface area contributed by atoms with Crippen LogP contribution in [0.1, 0.15) is 12.8 Å². The number of anilines is 1. The van der Waals surface area contributed by atoms with Crippen molar-refractivity contribution in [1.29, 1.82) is 0 Å². The number of benzene rings is 1. The van der Waals surface area contributed by atoms with Gasteiger partial charge in [0.05, 0.1) is 15.6 Å². The first-order valence-electron chi connectivity index (χ1n) is 6.11. The van der Waals surface area contributed by atoms with Crippen molar-refractivity contribution in [3.8, 4) is 0 Å². The Morgan fingerprint density at radius 3 is 2.68 bits per heavy atom. The Bertz CT molecular complexity index is 542. The van der Waals surface area contributed by atoms with Gasteiger partial charge in [-0.3, -0.25) is 0 Å². The van der Waals surface area contributed by atoms with Crippen molar-refractivity contribution in [1.82, 2.24) is 4.72 Å². The maximum atomic E-state index is 12.1. The lowest BCUT2D eigenvalue weighted by Gasteiger charge is -2.22. The van der Waals surface area contributed by atoms with E-state index >= 15 is 0 Å². The number of hydrogen-bond donors (Lipinski definition) is 2. The molecule has 1 heterocycles. The molecule has 0 bridgehead atoms. The van der Waals surface area contributed by atoms with E-state index in [0.717, 1.165) is 12.8 Å². The van der Waals surface area contributed by atoms with Crippen molar-refractivity contribution in [2.75, 3.05) is 25.5 Å². The average molecular weight is 305 g/mol. The van der Waals surface area contributed by atoms with Crippen LogP contribution in [0.2, 0.25) is 5.02 Å². The Labute approximate surface area is 118 Å². The van der Waals surface area contributed by atoms with Crippen LogP contribution in [-0.4, -0.2) is 28.2 Å². The van der Waals surface area contributed by atoms with Gasteiger partial charge in [-0.25, -0.2) is 13.1 Å². The van der Waals surface area contributed by atoms with E-state index in [9.17, 15) is 8.42 Å². The minimum absolute atomic E-state index is 0.140. The molecule has 2 rings (SSSR count). The Hall–Kier alpha value is -0.820. The van der Waals surface area contributed by atoms with Gasteiger partial charge in [0, 0.05) is 19.8 Å². The zero-order valence-corrected chi connectivity index (χ0v) is 12.0. The standard InChI is InChI=1S/C12H17ClN2O3S/c13-11-2-1-10(7-12(11)14)19(16,17)15-8-9-3-5-18-6-4-9/h1-2,7,9,15H,3-6,8,14H2. The highest BCUT2D eigenvalue weighted by atomic mass is 35.5. The third-order valence-corrected chi connectivity index (χ3v) is 4.95. The molecule has 0 aromatic heterocycles. The van der Waals surface area contributed by atoms with Gasteiger partial charge >= 0.3 is 0 Å². The first kappa shape index (κ1) is 14.6. The quantitative estimate of drug-likeness (QED) is 0.828. The molecule has 0 unspecified atom stereocenters. The number of nitrogens with two attached hydrogens (primary N) is 1. The average Bonchev–Trinajstić information content (AvgIpc) is 2.41. The van der Waals surface area contributed by atoms with E-state index in [2.05, 4.69) is 4.72 Å². The molecule has 19 heavy (non-hydrogen) atoms. The largest absolute Gasteiger partial charge is 0.397 e. The number of ether oxygens (including phenoxy) is 1. The fraction of sp³-hybridized carbons (Fsp3) is 0.500. The minimum Gasteiger partial charge on any atom is -0.397 e. The smallest absolute Gasteiger partial charge is 0.240 e. The predicted molar refractivity (Wildman–Crippen MR) is 74.6 cm³/mol. The first-order chi connectivity index (χ1) is 8.99. The van der Waals surface area contributed by atoms with Crippen molar-refractivity contribution >= 4 is 27.3 Å². The van der Waals surface area contributed by atoms with Crippen LogP contribution in [0.15, 0.2) is 23.1 Å². The second-order valence-electron chi connectivity index (χ2n) is 4.59. The number of halogens is 1. The molecule has 1 aromatic rings. The van der Waals surface area contributed by atoms with Gasteiger partial charge in [0.1, 0.15) is 0 Å². The lowest BCUT2D eigenvalue weighted by atomic mass is 10.0. The Morgan fingerprint density at radius 1 is 1.37 bits per heavy atom. The fourth-order valence-corrected chi connectivity index (χ4v) is 3.22. The predicted octanol–water partition coefficient (Wildman–Crippen LogP) is 1.63. The molecular formula is C12H17ClN2O3S. The van der Waals surface area contributed by atoms with Gasteiger partial charge in [-0.05, 0) is 37.0 Å². The summed E-state index contributed by atoms with van der Waals surface area (Å²) < 4.78 is 32.0. The van der Waals surface area contributed by atoms with Gasteiger partial charge in [0.25, 0.3) is 0 Å². The molecule has 1 saturated heterocycles. The van der Waals surface area contributed by atoms with Crippen LogP contribution in [0.25, 0.3) is 0 Å². The monoisotopic (exact) mass is 304 g/mol. The number of rotatable bonds is 4. The van der Waals surface area contributed by atoms with Crippen LogP contribution in [0.5, 0.6) is 0 Å². The molecule has 3 N–H and O–H groups in total. The number of sulfonamides is 1. The summed E-state index contributed by atoms with van der Waals surface area (Å²) in [4.78, 5) is 0.140. The van der Waals surface area contributed by atoms with E-state index in [1.807, 2.05) is 0 Å². The molecule has 7 heteroatoms. The van der Waals surface area contributed by atoms with Crippen LogP contribution in [-0.2, 0) is 14.8 Å². The van der Waals surface area contributed by atoms with Crippen molar-refractivity contribution < 1.29 is 13.2 Å². The van der Waals surface area contributed by atoms with Crippen molar-refractivity contribution in [3.63, 3.8) is 0 Å². The lowest BCUT2D eigenvalue weighted by Crippen LogP contribution is -2.32. The molecule has 5 nitrogen and oxygen atoms in total. The molecule has 0 saturated carbocycles. The van der Waals surface area contributed by atoms with Crippen LogP contribution >= 0.6 is 11.6 Å². The topological polar surface area (TPSA) is 81.4 Å². The number of nitrogens with one attached hydrogen (secondary N) is 1. The van der Waals surface area contributed by atoms with Gasteiger partial charge in [-0.15, -0.1) is 0 Å². The second-order valence-corrected chi connectivity index (χ2v) is 6.77. The van der Waals surface area contributed by atoms with E-state index in [0.29, 0.717) is 30.7 Å². The first-order valence-corrected chi connectivity index (χ1v) is 7.97. The molecule has 1 aromatic carbocycles. The van der Waals surface area contributed by atoms with Crippen LogP contribution in [0.3, 0.4) is 0 Å². The van der Waals surface area contributed by atoms with E-state index in [4.69, 9.17) is 22.1 Å². The van der Waals surface area contributed by atoms with E-state index < -0.39 is 10.0 Å². The highest BCUT2D eigenvalue weighted by Crippen LogP contribution is 2.22. The third kappa shape index (κ3) is 3.82. The SMILES string of the molecule is Nc1cc(S(=O)(=O)NCC2CCOCC2)ccc1Cl. The highest BCUT2D eigenvalue weighted by Gasteiger charge is 2.19. The maximum Gasteiger partial charge on any atom is 0.240 e. The fourth-order valence-electron chi connectivity index (χ4n) is 1.95. The van der Waals surface area contributed by atoms with E-state index in [1.165, 1.54) is 18.2 Å². The van der Waals surface area contributed by atoms with E-state index in [-0.39, 0.29) is 10.6 Å². The summed E-state index contributed by atoms with van der Waals surface area (Å²) in [6, 6.07) is 4.31. The molecule has 0 radical (unpaired) electrons. The summed E-state index contributed by atoms with van der Waals surface area (Å²) in [5, 5.41) is 0.350. The summed E-state index contributed by atoms with van der Waals surface area (Å²) in [5.41, 5.74) is 5.88. The van der Waals surface area contributed by atoms with Crippen molar-refractivity contribution in [2.24, 2.45) is 5.92 Å². The summed E-state index contributed by atoms with van der Waals surface area (Å²) in [5.74, 6) is 0.327. The normalized spacial score (nSPS) is 17.5. The summed E-state index contributed by atoms with van der Waals surface area (Å²) in [7, 11) is -3.53. The lowest BCUT2D eigenvalue weighted by molar-refractivity contribution is 0.0678.